The lowest BCUT2D eigenvalue weighted by atomic mass is 10.2. The average Bonchev–Trinajstić information content (AvgIpc) is 3.18. The monoisotopic (exact) mass is 423 g/mol. The third kappa shape index (κ3) is 3.75. The fraction of sp³-hybridized carbons (Fsp3) is 0.0909. The Balaban J connectivity index is 1.62. The van der Waals surface area contributed by atoms with E-state index in [1.807, 2.05) is 6.07 Å². The van der Waals surface area contributed by atoms with Crippen LogP contribution < -0.4 is 19.9 Å². The third-order valence-corrected chi connectivity index (χ3v) is 4.85. The van der Waals surface area contributed by atoms with Gasteiger partial charge in [0.25, 0.3) is 0 Å². The molecule has 4 rings (SSSR count). The number of hydrogen-bond donors (Lipinski definition) is 2. The van der Waals surface area contributed by atoms with E-state index in [1.54, 1.807) is 62.8 Å². The van der Waals surface area contributed by atoms with Crippen LogP contribution in [0.2, 0.25) is 5.02 Å². The number of rotatable bonds is 6. The molecule has 8 heteroatoms. The minimum absolute atomic E-state index is 0.400. The van der Waals surface area contributed by atoms with E-state index < -0.39 is 5.91 Å². The van der Waals surface area contributed by atoms with E-state index in [-0.39, 0.29) is 0 Å². The number of aromatic nitrogens is 2. The molecule has 1 aromatic heterocycles. The van der Waals surface area contributed by atoms with Crippen molar-refractivity contribution in [1.82, 2.24) is 9.97 Å². The maximum absolute atomic E-state index is 11.4. The summed E-state index contributed by atoms with van der Waals surface area (Å²) >= 11 is 6.44. The summed E-state index contributed by atoms with van der Waals surface area (Å²) in [4.78, 5) is 19.1. The fourth-order valence-electron chi connectivity index (χ4n) is 3.03. The Morgan fingerprint density at radius 1 is 0.967 bits per heavy atom. The lowest BCUT2D eigenvalue weighted by Gasteiger charge is -2.12. The summed E-state index contributed by atoms with van der Waals surface area (Å²) in [5.74, 6) is 2.33. The van der Waals surface area contributed by atoms with Gasteiger partial charge in [0.05, 0.1) is 30.3 Å². The van der Waals surface area contributed by atoms with Crippen molar-refractivity contribution in [3.63, 3.8) is 0 Å². The molecule has 3 N–H and O–H groups in total. The van der Waals surface area contributed by atoms with Crippen LogP contribution in [0.5, 0.6) is 23.0 Å². The van der Waals surface area contributed by atoms with E-state index in [4.69, 9.17) is 31.5 Å². The molecule has 0 unspecified atom stereocenters. The smallest absolute Gasteiger partial charge is 0.248 e. The fourth-order valence-corrected chi connectivity index (χ4v) is 3.25. The molecule has 1 heterocycles. The second-order valence-electron chi connectivity index (χ2n) is 6.45. The van der Waals surface area contributed by atoms with Gasteiger partial charge in [-0.15, -0.1) is 0 Å². The summed E-state index contributed by atoms with van der Waals surface area (Å²) in [5.41, 5.74) is 7.94. The topological polar surface area (TPSA) is 99.5 Å². The van der Waals surface area contributed by atoms with Crippen LogP contribution in [0.15, 0.2) is 54.6 Å². The molecule has 0 aliphatic carbocycles. The molecule has 7 nitrogen and oxygen atoms in total. The van der Waals surface area contributed by atoms with Crippen LogP contribution in [0.1, 0.15) is 10.4 Å². The van der Waals surface area contributed by atoms with Gasteiger partial charge in [-0.2, -0.15) is 0 Å². The molecule has 0 atom stereocenters. The lowest BCUT2D eigenvalue weighted by molar-refractivity contribution is 0.100. The van der Waals surface area contributed by atoms with Crippen LogP contribution in [0.25, 0.3) is 22.4 Å². The summed E-state index contributed by atoms with van der Waals surface area (Å²) in [5, 5.41) is 0.417. The first-order chi connectivity index (χ1) is 14.5. The van der Waals surface area contributed by atoms with Crippen LogP contribution in [0.4, 0.5) is 0 Å². The molecule has 4 aromatic rings. The van der Waals surface area contributed by atoms with E-state index in [9.17, 15) is 4.79 Å². The number of ether oxygens (including phenoxy) is 3. The summed E-state index contributed by atoms with van der Waals surface area (Å²) in [6, 6.07) is 15.7. The minimum Gasteiger partial charge on any atom is -0.493 e. The van der Waals surface area contributed by atoms with E-state index in [0.717, 1.165) is 11.1 Å². The van der Waals surface area contributed by atoms with Gasteiger partial charge in [0, 0.05) is 17.2 Å². The Labute approximate surface area is 177 Å². The van der Waals surface area contributed by atoms with Gasteiger partial charge in [-0.25, -0.2) is 4.98 Å². The SMILES string of the molecule is COc1ccc(Oc2ccc(-c3nc4cc(C(N)=O)ccc4[nH]3)cc2Cl)cc1OC. The van der Waals surface area contributed by atoms with Crippen molar-refractivity contribution < 1.29 is 19.0 Å². The normalized spacial score (nSPS) is 10.8. The second kappa shape index (κ2) is 7.96. The van der Waals surface area contributed by atoms with Gasteiger partial charge in [-0.05, 0) is 48.5 Å². The number of fused-ring (bicyclic) bond motifs is 1. The summed E-state index contributed by atoms with van der Waals surface area (Å²) in [7, 11) is 3.13. The first-order valence-corrected chi connectivity index (χ1v) is 9.35. The average molecular weight is 424 g/mol. The Bertz CT molecular complexity index is 1250. The molecule has 0 fully saturated rings. The van der Waals surface area contributed by atoms with E-state index >= 15 is 0 Å². The molecule has 0 saturated carbocycles. The molecule has 0 aliphatic rings. The van der Waals surface area contributed by atoms with Crippen molar-refractivity contribution >= 4 is 28.5 Å². The first kappa shape index (κ1) is 19.6. The zero-order chi connectivity index (χ0) is 21.3. The van der Waals surface area contributed by atoms with Crippen LogP contribution in [0, 0.1) is 0 Å². The third-order valence-electron chi connectivity index (χ3n) is 4.56. The number of benzene rings is 3. The van der Waals surface area contributed by atoms with Gasteiger partial charge in [0.2, 0.25) is 5.91 Å². The molecule has 0 bridgehead atoms. The maximum atomic E-state index is 11.4. The molecule has 152 valence electrons. The van der Waals surface area contributed by atoms with Crippen molar-refractivity contribution in [2.75, 3.05) is 14.2 Å². The van der Waals surface area contributed by atoms with Crippen LogP contribution >= 0.6 is 11.6 Å². The Hall–Kier alpha value is -3.71. The highest BCUT2D eigenvalue weighted by molar-refractivity contribution is 6.32. The van der Waals surface area contributed by atoms with Gasteiger partial charge in [-0.3, -0.25) is 4.79 Å². The Morgan fingerprint density at radius 2 is 1.73 bits per heavy atom. The number of carbonyl (C=O) groups is 1. The first-order valence-electron chi connectivity index (χ1n) is 8.98. The highest BCUT2D eigenvalue weighted by Gasteiger charge is 2.12. The highest BCUT2D eigenvalue weighted by Crippen LogP contribution is 2.36. The number of methoxy groups -OCH3 is 2. The van der Waals surface area contributed by atoms with E-state index in [2.05, 4.69) is 9.97 Å². The van der Waals surface area contributed by atoms with Crippen molar-refractivity contribution in [3.8, 4) is 34.4 Å². The minimum atomic E-state index is -0.499. The zero-order valence-electron chi connectivity index (χ0n) is 16.2. The van der Waals surface area contributed by atoms with Crippen molar-refractivity contribution in [2.24, 2.45) is 5.73 Å². The predicted octanol–water partition coefficient (Wildman–Crippen LogP) is 4.79. The van der Waals surface area contributed by atoms with Crippen molar-refractivity contribution in [2.45, 2.75) is 0 Å². The number of amides is 1. The molecule has 0 aliphatic heterocycles. The molecule has 0 saturated heterocycles. The largest absolute Gasteiger partial charge is 0.493 e. The molecule has 0 spiro atoms. The number of imidazole rings is 1. The number of primary amides is 1. The number of halogens is 1. The standard InChI is InChI=1S/C22H18ClN3O4/c1-28-19-8-5-14(11-20(19)29-2)30-18-7-4-13(9-15(18)23)22-25-16-6-3-12(21(24)27)10-17(16)26-22/h3-11H,1-2H3,(H2,24,27)(H,25,26). The Kier molecular flexibility index (Phi) is 5.20. The van der Waals surface area contributed by atoms with Gasteiger partial charge in [0.15, 0.2) is 11.5 Å². The van der Waals surface area contributed by atoms with Gasteiger partial charge >= 0.3 is 0 Å². The van der Waals surface area contributed by atoms with Crippen LogP contribution in [0.3, 0.4) is 0 Å². The predicted molar refractivity (Wildman–Crippen MR) is 115 cm³/mol. The molecule has 1 amide bonds. The van der Waals surface area contributed by atoms with Gasteiger partial charge in [0.1, 0.15) is 17.3 Å². The maximum Gasteiger partial charge on any atom is 0.248 e. The molecule has 0 radical (unpaired) electrons. The number of H-pyrrole nitrogens is 1. The highest BCUT2D eigenvalue weighted by atomic mass is 35.5. The zero-order valence-corrected chi connectivity index (χ0v) is 17.0. The summed E-state index contributed by atoms with van der Waals surface area (Å²) < 4.78 is 16.4. The number of carbonyl (C=O) groups excluding carboxylic acids is 1. The molecule has 3 aromatic carbocycles. The summed E-state index contributed by atoms with van der Waals surface area (Å²) in [6.45, 7) is 0. The van der Waals surface area contributed by atoms with E-state index in [1.165, 1.54) is 0 Å². The van der Waals surface area contributed by atoms with E-state index in [0.29, 0.717) is 44.9 Å². The van der Waals surface area contributed by atoms with Crippen molar-refractivity contribution in [1.29, 1.82) is 0 Å². The number of aromatic amines is 1. The van der Waals surface area contributed by atoms with Gasteiger partial charge < -0.3 is 24.9 Å². The number of nitrogens with two attached hydrogens (primary N) is 1. The number of nitrogens with zero attached hydrogens (tertiary/aromatic N) is 1. The molecular weight excluding hydrogens is 406 g/mol. The quantitative estimate of drug-likeness (QED) is 0.464. The van der Waals surface area contributed by atoms with Crippen LogP contribution in [-0.2, 0) is 0 Å². The lowest BCUT2D eigenvalue weighted by Crippen LogP contribution is -2.10. The molecule has 30 heavy (non-hydrogen) atoms. The number of hydrogen-bond acceptors (Lipinski definition) is 5. The molecular formula is C22H18ClN3O4. The van der Waals surface area contributed by atoms with Crippen molar-refractivity contribution in [3.05, 3.63) is 65.2 Å². The Morgan fingerprint density at radius 3 is 2.43 bits per heavy atom. The number of nitrogens with one attached hydrogen (secondary N) is 1. The summed E-state index contributed by atoms with van der Waals surface area (Å²) in [6.07, 6.45) is 0. The van der Waals surface area contributed by atoms with Crippen LogP contribution in [-0.4, -0.2) is 30.1 Å². The van der Waals surface area contributed by atoms with Gasteiger partial charge in [-0.1, -0.05) is 11.6 Å². The second-order valence-corrected chi connectivity index (χ2v) is 6.85.